The first-order valence-electron chi connectivity index (χ1n) is 5.42. The second-order valence-corrected chi connectivity index (χ2v) is 5.43. The number of thiophene rings is 1. The lowest BCUT2D eigenvalue weighted by atomic mass is 9.99. The Morgan fingerprint density at radius 2 is 2.53 bits per heavy atom. The molecule has 0 amide bonds. The van der Waals surface area contributed by atoms with Crippen molar-refractivity contribution in [3.63, 3.8) is 0 Å². The largest absolute Gasteiger partial charge is 0.480 e. The average Bonchev–Trinajstić information content (AvgIpc) is 2.75. The fraction of sp³-hybridized carbons (Fsp3) is 0.417. The van der Waals surface area contributed by atoms with E-state index in [1.165, 1.54) is 10.4 Å². The number of halogens is 1. The van der Waals surface area contributed by atoms with Gasteiger partial charge in [-0.05, 0) is 35.9 Å². The van der Waals surface area contributed by atoms with Crippen LogP contribution in [0.2, 0.25) is 0 Å². The summed E-state index contributed by atoms with van der Waals surface area (Å²) in [4.78, 5) is 14.6. The van der Waals surface area contributed by atoms with Gasteiger partial charge in [0.05, 0.1) is 0 Å². The fourth-order valence-electron chi connectivity index (χ4n) is 2.18. The lowest BCUT2D eigenvalue weighted by Crippen LogP contribution is -2.39. The molecule has 0 saturated carbocycles. The zero-order chi connectivity index (χ0) is 12.4. The van der Waals surface area contributed by atoms with E-state index in [-0.39, 0.29) is 0 Å². The lowest BCUT2D eigenvalue weighted by Gasteiger charge is -2.33. The van der Waals surface area contributed by atoms with E-state index in [1.54, 1.807) is 11.3 Å². The van der Waals surface area contributed by atoms with E-state index in [0.717, 1.165) is 24.1 Å². The van der Waals surface area contributed by atoms with E-state index in [1.807, 2.05) is 23.3 Å². The summed E-state index contributed by atoms with van der Waals surface area (Å²) in [6, 6.07) is 1.39. The Morgan fingerprint density at radius 3 is 3.18 bits per heavy atom. The van der Waals surface area contributed by atoms with Gasteiger partial charge in [0.15, 0.2) is 0 Å². The monoisotopic (exact) mass is 271 g/mol. The Hall–Kier alpha value is -0.840. The minimum absolute atomic E-state index is 0.531. The van der Waals surface area contributed by atoms with Crippen molar-refractivity contribution in [3.05, 3.63) is 33.0 Å². The number of fused-ring (bicyclic) bond motifs is 1. The molecule has 0 radical (unpaired) electrons. The highest BCUT2D eigenvalue weighted by Gasteiger charge is 2.33. The molecule has 1 unspecified atom stereocenters. The van der Waals surface area contributed by atoms with Crippen LogP contribution in [-0.2, 0) is 11.2 Å². The van der Waals surface area contributed by atoms with Crippen LogP contribution >= 0.6 is 22.9 Å². The van der Waals surface area contributed by atoms with Crippen LogP contribution in [0.3, 0.4) is 0 Å². The molecule has 92 valence electrons. The molecule has 17 heavy (non-hydrogen) atoms. The normalized spacial score (nSPS) is 21.3. The van der Waals surface area contributed by atoms with E-state index < -0.39 is 12.0 Å². The van der Waals surface area contributed by atoms with Gasteiger partial charge >= 0.3 is 5.97 Å². The van der Waals surface area contributed by atoms with E-state index in [9.17, 15) is 9.90 Å². The minimum atomic E-state index is -0.785. The molecule has 2 rings (SSSR count). The highest BCUT2D eigenvalue weighted by Crippen LogP contribution is 2.33. The van der Waals surface area contributed by atoms with E-state index in [4.69, 9.17) is 11.6 Å². The van der Waals surface area contributed by atoms with Gasteiger partial charge < -0.3 is 5.11 Å². The minimum Gasteiger partial charge on any atom is -0.480 e. The second-order valence-electron chi connectivity index (χ2n) is 4.22. The number of carboxylic acid groups (broad SMARTS) is 1. The number of hydrogen-bond donors (Lipinski definition) is 1. The first-order valence-corrected chi connectivity index (χ1v) is 6.74. The van der Waals surface area contributed by atoms with Gasteiger partial charge in [-0.15, -0.1) is 11.3 Å². The quantitative estimate of drug-likeness (QED) is 0.919. The third kappa shape index (κ3) is 2.54. The van der Waals surface area contributed by atoms with Crippen molar-refractivity contribution in [1.29, 1.82) is 0 Å². The molecule has 3 nitrogen and oxygen atoms in total. The average molecular weight is 272 g/mol. The van der Waals surface area contributed by atoms with Crippen LogP contribution in [0, 0.1) is 0 Å². The maximum atomic E-state index is 11.4. The molecule has 0 bridgehead atoms. The molecular formula is C12H14ClNO2S. The molecule has 1 atom stereocenters. The number of hydrogen-bond acceptors (Lipinski definition) is 3. The van der Waals surface area contributed by atoms with Crippen molar-refractivity contribution >= 4 is 28.9 Å². The van der Waals surface area contributed by atoms with Gasteiger partial charge in [0.25, 0.3) is 0 Å². The topological polar surface area (TPSA) is 40.5 Å². The second kappa shape index (κ2) is 5.21. The smallest absolute Gasteiger partial charge is 0.325 e. The number of nitrogens with zero attached hydrogens (tertiary/aromatic N) is 1. The summed E-state index contributed by atoms with van der Waals surface area (Å²) in [6.07, 6.45) is 0.923. The molecule has 1 aromatic rings. The molecule has 2 heterocycles. The van der Waals surface area contributed by atoms with Crippen LogP contribution in [-0.4, -0.2) is 29.1 Å². The SMILES string of the molecule is C/C(=C/Cl)CN1CCc2sccc2C1C(=O)O. The summed E-state index contributed by atoms with van der Waals surface area (Å²) < 4.78 is 0. The molecule has 0 aromatic carbocycles. The molecule has 1 aliphatic rings. The Balaban J connectivity index is 2.27. The van der Waals surface area contributed by atoms with Gasteiger partial charge in [0, 0.05) is 23.5 Å². The van der Waals surface area contributed by atoms with Gasteiger partial charge in [-0.3, -0.25) is 9.69 Å². The zero-order valence-electron chi connectivity index (χ0n) is 9.52. The van der Waals surface area contributed by atoms with Crippen molar-refractivity contribution in [1.82, 2.24) is 4.90 Å². The number of carbonyl (C=O) groups is 1. The maximum Gasteiger partial charge on any atom is 0.325 e. The molecular weight excluding hydrogens is 258 g/mol. The highest BCUT2D eigenvalue weighted by atomic mass is 35.5. The summed E-state index contributed by atoms with van der Waals surface area (Å²) in [5.41, 5.74) is 3.44. The van der Waals surface area contributed by atoms with Crippen molar-refractivity contribution in [2.75, 3.05) is 13.1 Å². The summed E-state index contributed by atoms with van der Waals surface area (Å²) >= 11 is 7.29. The standard InChI is InChI=1S/C12H14ClNO2S/c1-8(6-13)7-14-4-2-10-9(3-5-17-10)11(14)12(15)16/h3,5-6,11H,2,4,7H2,1H3,(H,15,16)/b8-6-. The zero-order valence-corrected chi connectivity index (χ0v) is 11.1. The Bertz CT molecular complexity index is 455. The molecule has 0 spiro atoms. The number of carboxylic acids is 1. The molecule has 1 aromatic heterocycles. The van der Waals surface area contributed by atoms with Crippen LogP contribution in [0.15, 0.2) is 22.6 Å². The van der Waals surface area contributed by atoms with Gasteiger partial charge in [-0.1, -0.05) is 11.6 Å². The van der Waals surface area contributed by atoms with Crippen LogP contribution in [0.4, 0.5) is 0 Å². The first kappa shape index (κ1) is 12.6. The van der Waals surface area contributed by atoms with Crippen molar-refractivity contribution in [2.45, 2.75) is 19.4 Å². The van der Waals surface area contributed by atoms with Crippen molar-refractivity contribution in [2.24, 2.45) is 0 Å². The molecule has 0 aliphatic carbocycles. The van der Waals surface area contributed by atoms with Gasteiger partial charge in [0.1, 0.15) is 6.04 Å². The predicted molar refractivity (Wildman–Crippen MR) is 69.6 cm³/mol. The van der Waals surface area contributed by atoms with Crippen molar-refractivity contribution in [3.8, 4) is 0 Å². The summed E-state index contributed by atoms with van der Waals surface area (Å²) in [5, 5.41) is 11.3. The fourth-order valence-corrected chi connectivity index (χ4v) is 3.16. The van der Waals surface area contributed by atoms with E-state index in [0.29, 0.717) is 6.54 Å². The van der Waals surface area contributed by atoms with Crippen LogP contribution < -0.4 is 0 Å². The molecule has 1 aliphatic heterocycles. The van der Waals surface area contributed by atoms with Crippen LogP contribution in [0.1, 0.15) is 23.4 Å². The third-order valence-electron chi connectivity index (χ3n) is 2.94. The Kier molecular flexibility index (Phi) is 3.86. The van der Waals surface area contributed by atoms with Gasteiger partial charge in [-0.25, -0.2) is 0 Å². The third-order valence-corrected chi connectivity index (χ3v) is 4.31. The first-order chi connectivity index (χ1) is 8.13. The summed E-state index contributed by atoms with van der Waals surface area (Å²) in [6.45, 7) is 3.29. The molecule has 5 heteroatoms. The Morgan fingerprint density at radius 1 is 1.76 bits per heavy atom. The van der Waals surface area contributed by atoms with E-state index >= 15 is 0 Å². The molecule has 0 saturated heterocycles. The van der Waals surface area contributed by atoms with Crippen LogP contribution in [0.5, 0.6) is 0 Å². The van der Waals surface area contributed by atoms with Crippen LogP contribution in [0.25, 0.3) is 0 Å². The molecule has 1 N–H and O–H groups in total. The van der Waals surface area contributed by atoms with Gasteiger partial charge in [0.2, 0.25) is 0 Å². The summed E-state index contributed by atoms with van der Waals surface area (Å²) in [5.74, 6) is -0.785. The molecule has 0 fully saturated rings. The summed E-state index contributed by atoms with van der Waals surface area (Å²) in [7, 11) is 0. The lowest BCUT2D eigenvalue weighted by molar-refractivity contribution is -0.143. The number of rotatable bonds is 3. The number of aliphatic carboxylic acids is 1. The highest BCUT2D eigenvalue weighted by molar-refractivity contribution is 7.10. The predicted octanol–water partition coefficient (Wildman–Crippen LogP) is 2.87. The van der Waals surface area contributed by atoms with E-state index in [2.05, 4.69) is 0 Å². The Labute approximate surface area is 109 Å². The van der Waals surface area contributed by atoms with Gasteiger partial charge in [-0.2, -0.15) is 0 Å². The van der Waals surface area contributed by atoms with Crippen molar-refractivity contribution < 1.29 is 9.90 Å². The maximum absolute atomic E-state index is 11.4.